The third-order valence-corrected chi connectivity index (χ3v) is 5.27. The van der Waals surface area contributed by atoms with Gasteiger partial charge in [-0.25, -0.2) is 13.8 Å². The zero-order chi connectivity index (χ0) is 19.7. The lowest BCUT2D eigenvalue weighted by Gasteiger charge is -2.30. The van der Waals surface area contributed by atoms with Gasteiger partial charge >= 0.3 is 17.2 Å². The second-order valence-electron chi connectivity index (χ2n) is 6.01. The van der Waals surface area contributed by atoms with E-state index >= 15 is 0 Å². The number of carbonyl (C=O) groups excluding carboxylic acids is 3. The number of halogens is 1. The molecular formula is C17H18FN4O4S+. The lowest BCUT2D eigenvalue weighted by Crippen LogP contribution is -2.61. The first kappa shape index (κ1) is 19.0. The fraction of sp³-hybridized carbons (Fsp3) is 0.353. The number of carbonyl (C=O) groups is 3. The lowest BCUT2D eigenvalue weighted by atomic mass is 10.1. The molecule has 0 saturated carbocycles. The molecule has 1 fully saturated rings. The van der Waals surface area contributed by atoms with Crippen molar-refractivity contribution in [2.75, 3.05) is 27.0 Å². The van der Waals surface area contributed by atoms with Gasteiger partial charge in [0, 0.05) is 14.1 Å². The number of rotatable bonds is 4. The Hall–Kier alpha value is -2.75. The standard InChI is InChI=1S/C17H18FN4O4S/c1-20-14-13(15(24)21(2)17(20)25)22(8-10-4-6-11(18)7-5-10)16(19-14)27-9-12(23)26-3/h4-7,13H,8-9H2,1-3H3/q+1. The van der Waals surface area contributed by atoms with Gasteiger partial charge in [-0.1, -0.05) is 12.1 Å². The van der Waals surface area contributed by atoms with E-state index in [1.54, 1.807) is 23.8 Å². The van der Waals surface area contributed by atoms with E-state index in [1.807, 2.05) is 0 Å². The van der Waals surface area contributed by atoms with E-state index in [0.29, 0.717) is 11.0 Å². The lowest BCUT2D eigenvalue weighted by molar-refractivity contribution is -0.548. The molecule has 0 N–H and O–H groups in total. The molecule has 2 heterocycles. The normalized spacial score (nSPS) is 19.4. The summed E-state index contributed by atoms with van der Waals surface area (Å²) in [6.45, 7) is 0.267. The van der Waals surface area contributed by atoms with Crippen molar-refractivity contribution in [1.82, 2.24) is 9.80 Å². The predicted octanol–water partition coefficient (Wildman–Crippen LogP) is 0.905. The Labute approximate surface area is 159 Å². The van der Waals surface area contributed by atoms with Crippen LogP contribution in [-0.2, 0) is 20.9 Å². The minimum atomic E-state index is -0.789. The molecule has 0 aliphatic carbocycles. The number of urea groups is 1. The number of aliphatic imine (C=N–C) groups is 1. The highest BCUT2D eigenvalue weighted by Gasteiger charge is 2.53. The Kier molecular flexibility index (Phi) is 5.26. The quantitative estimate of drug-likeness (QED) is 0.561. The van der Waals surface area contributed by atoms with Crippen molar-refractivity contribution in [1.29, 1.82) is 0 Å². The Morgan fingerprint density at radius 3 is 2.56 bits per heavy atom. The van der Waals surface area contributed by atoms with Crippen molar-refractivity contribution in [3.63, 3.8) is 0 Å². The van der Waals surface area contributed by atoms with E-state index in [-0.39, 0.29) is 18.1 Å². The molecule has 142 valence electrons. The van der Waals surface area contributed by atoms with Crippen LogP contribution < -0.4 is 0 Å². The minimum Gasteiger partial charge on any atom is -0.468 e. The van der Waals surface area contributed by atoms with Crippen molar-refractivity contribution < 1.29 is 28.1 Å². The van der Waals surface area contributed by atoms with Crippen LogP contribution >= 0.6 is 11.8 Å². The van der Waals surface area contributed by atoms with Gasteiger partial charge in [-0.3, -0.25) is 19.4 Å². The highest BCUT2D eigenvalue weighted by Crippen LogP contribution is 2.24. The monoisotopic (exact) mass is 393 g/mol. The number of amides is 3. The van der Waals surface area contributed by atoms with Crippen LogP contribution in [0.25, 0.3) is 0 Å². The molecule has 0 spiro atoms. The third-order valence-electron chi connectivity index (χ3n) is 4.31. The minimum absolute atomic E-state index is 0.0109. The van der Waals surface area contributed by atoms with E-state index in [4.69, 9.17) is 0 Å². The van der Waals surface area contributed by atoms with Crippen LogP contribution in [0.15, 0.2) is 29.3 Å². The summed E-state index contributed by atoms with van der Waals surface area (Å²) >= 11 is 1.12. The largest absolute Gasteiger partial charge is 0.468 e. The average molecular weight is 393 g/mol. The molecule has 1 saturated heterocycles. The summed E-state index contributed by atoms with van der Waals surface area (Å²) in [5.41, 5.74) is 0.763. The number of esters is 1. The predicted molar refractivity (Wildman–Crippen MR) is 97.0 cm³/mol. The highest BCUT2D eigenvalue weighted by atomic mass is 32.2. The zero-order valence-corrected chi connectivity index (χ0v) is 15.8. The molecule has 8 nitrogen and oxygen atoms in total. The summed E-state index contributed by atoms with van der Waals surface area (Å²) < 4.78 is 19.6. The Morgan fingerprint density at radius 1 is 1.26 bits per heavy atom. The van der Waals surface area contributed by atoms with Crippen molar-refractivity contribution in [2.45, 2.75) is 12.6 Å². The molecule has 2 aliphatic heterocycles. The second-order valence-corrected chi connectivity index (χ2v) is 6.96. The van der Waals surface area contributed by atoms with Crippen molar-refractivity contribution in [2.24, 2.45) is 4.99 Å². The number of imide groups is 1. The summed E-state index contributed by atoms with van der Waals surface area (Å²) in [6, 6.07) is 4.63. The van der Waals surface area contributed by atoms with E-state index in [9.17, 15) is 18.8 Å². The van der Waals surface area contributed by atoms with Gasteiger partial charge in [0.25, 0.3) is 17.8 Å². The van der Waals surface area contributed by atoms with Gasteiger partial charge in [0.15, 0.2) is 0 Å². The summed E-state index contributed by atoms with van der Waals surface area (Å²) in [4.78, 5) is 43.2. The molecule has 0 bridgehead atoms. The van der Waals surface area contributed by atoms with Crippen LogP contribution in [0.3, 0.4) is 0 Å². The van der Waals surface area contributed by atoms with E-state index in [0.717, 1.165) is 22.2 Å². The van der Waals surface area contributed by atoms with Crippen LogP contribution in [0.2, 0.25) is 0 Å². The molecule has 1 aromatic rings. The van der Waals surface area contributed by atoms with E-state index in [1.165, 1.54) is 31.2 Å². The maximum absolute atomic E-state index is 13.2. The number of amidine groups is 2. The topological polar surface area (TPSA) is 82.3 Å². The van der Waals surface area contributed by atoms with Gasteiger partial charge in [-0.05, 0) is 34.5 Å². The van der Waals surface area contributed by atoms with Gasteiger partial charge in [-0.15, -0.1) is 0 Å². The summed E-state index contributed by atoms with van der Waals surface area (Å²) in [5.74, 6) is -0.890. The summed E-state index contributed by atoms with van der Waals surface area (Å²) in [5, 5.41) is 0.424. The van der Waals surface area contributed by atoms with Crippen molar-refractivity contribution in [3.05, 3.63) is 35.6 Å². The Balaban J connectivity index is 1.97. The van der Waals surface area contributed by atoms with Gasteiger partial charge < -0.3 is 4.74 Å². The fourth-order valence-corrected chi connectivity index (χ4v) is 3.68. The first-order valence-electron chi connectivity index (χ1n) is 8.05. The fourth-order valence-electron chi connectivity index (χ4n) is 2.82. The number of benzene rings is 1. The third kappa shape index (κ3) is 3.57. The van der Waals surface area contributed by atoms with Crippen molar-refractivity contribution >= 4 is 40.7 Å². The van der Waals surface area contributed by atoms with E-state index in [2.05, 4.69) is 9.73 Å². The first-order chi connectivity index (χ1) is 12.8. The smallest absolute Gasteiger partial charge is 0.358 e. The van der Waals surface area contributed by atoms with Crippen LogP contribution in [0.4, 0.5) is 9.18 Å². The molecule has 0 radical (unpaired) electrons. The van der Waals surface area contributed by atoms with Gasteiger partial charge in [0.2, 0.25) is 0 Å². The molecule has 27 heavy (non-hydrogen) atoms. The van der Waals surface area contributed by atoms with Gasteiger partial charge in [0.1, 0.15) is 18.1 Å². The number of nitrogens with zero attached hydrogens (tertiary/aromatic N) is 4. The average Bonchev–Trinajstić information content (AvgIpc) is 3.02. The second kappa shape index (κ2) is 7.47. The van der Waals surface area contributed by atoms with Gasteiger partial charge in [-0.2, -0.15) is 0 Å². The molecule has 3 rings (SSSR count). The molecule has 10 heteroatoms. The highest BCUT2D eigenvalue weighted by molar-refractivity contribution is 8.14. The molecule has 3 amide bonds. The number of fused-ring (bicyclic) bond motifs is 1. The summed E-state index contributed by atoms with van der Waals surface area (Å²) in [6.07, 6.45) is 0. The van der Waals surface area contributed by atoms with Crippen LogP contribution in [-0.4, -0.2) is 76.3 Å². The van der Waals surface area contributed by atoms with Crippen molar-refractivity contribution in [3.8, 4) is 0 Å². The Bertz CT molecular complexity index is 868. The Morgan fingerprint density at radius 2 is 1.93 bits per heavy atom. The maximum Gasteiger partial charge on any atom is 0.358 e. The number of methoxy groups -OCH3 is 1. The number of likely N-dealkylation sites (N-methyl/N-ethyl adjacent to an activating group) is 2. The first-order valence-corrected chi connectivity index (χ1v) is 9.03. The van der Waals surface area contributed by atoms with Crippen LogP contribution in [0.1, 0.15) is 5.56 Å². The number of ether oxygens (including phenoxy) is 1. The summed E-state index contributed by atoms with van der Waals surface area (Å²) in [7, 11) is 4.24. The molecule has 2 aliphatic rings. The molecule has 1 atom stereocenters. The number of thioether (sulfide) groups is 1. The van der Waals surface area contributed by atoms with Gasteiger partial charge in [0.05, 0.1) is 7.11 Å². The SMILES string of the molecule is COC(=O)CSC1=[N+](Cc2ccc(F)cc2)C2C(=O)N(C)C(=O)N(C)C2=N1. The zero-order valence-electron chi connectivity index (χ0n) is 15.0. The molecule has 0 aromatic heterocycles. The molecule has 1 aromatic carbocycles. The van der Waals surface area contributed by atoms with Crippen LogP contribution in [0.5, 0.6) is 0 Å². The molecule has 1 unspecified atom stereocenters. The molecular weight excluding hydrogens is 375 g/mol. The van der Waals surface area contributed by atoms with E-state index < -0.39 is 23.9 Å². The maximum atomic E-state index is 13.2. The number of hydrogen-bond acceptors (Lipinski definition) is 6. The van der Waals surface area contributed by atoms with Crippen LogP contribution in [0, 0.1) is 5.82 Å². The number of hydrogen-bond donors (Lipinski definition) is 0.